The van der Waals surface area contributed by atoms with Crippen molar-refractivity contribution in [2.45, 2.75) is 43.9 Å². The smallest absolute Gasteiger partial charge is 0.0998 e. The number of rotatable bonds is 1. The standard InChI is InChI=1S/C18H18N2O/c19-11-12-3-1-5-17-16(12)4-2-6-18(17)20-13-7-8-14(20)10-15(21)9-13/h1-6,13-15,21H,7-10H2. The van der Waals surface area contributed by atoms with Gasteiger partial charge in [0.2, 0.25) is 0 Å². The maximum atomic E-state index is 9.98. The molecule has 2 aliphatic heterocycles. The van der Waals surface area contributed by atoms with E-state index in [9.17, 15) is 10.4 Å². The lowest BCUT2D eigenvalue weighted by Gasteiger charge is -2.39. The van der Waals surface area contributed by atoms with E-state index in [1.54, 1.807) is 0 Å². The van der Waals surface area contributed by atoms with Crippen LogP contribution in [0.4, 0.5) is 5.69 Å². The Morgan fingerprint density at radius 2 is 1.67 bits per heavy atom. The molecule has 2 aromatic carbocycles. The number of hydrogen-bond acceptors (Lipinski definition) is 3. The number of aliphatic hydroxyl groups is 1. The highest BCUT2D eigenvalue weighted by Crippen LogP contribution is 2.42. The molecular weight excluding hydrogens is 260 g/mol. The van der Waals surface area contributed by atoms with E-state index >= 15 is 0 Å². The molecule has 3 heteroatoms. The van der Waals surface area contributed by atoms with Crippen LogP contribution in [0, 0.1) is 11.3 Å². The van der Waals surface area contributed by atoms with E-state index in [2.05, 4.69) is 23.1 Å². The van der Waals surface area contributed by atoms with Gasteiger partial charge in [0, 0.05) is 28.5 Å². The van der Waals surface area contributed by atoms with Crippen LogP contribution in [-0.4, -0.2) is 23.3 Å². The number of benzene rings is 2. The van der Waals surface area contributed by atoms with Crippen LogP contribution < -0.4 is 4.90 Å². The molecule has 1 N–H and O–H groups in total. The van der Waals surface area contributed by atoms with Crippen LogP contribution in [0.25, 0.3) is 10.8 Å². The average molecular weight is 278 g/mol. The highest BCUT2D eigenvalue weighted by Gasteiger charge is 2.40. The predicted octanol–water partition coefficient (Wildman–Crippen LogP) is 3.20. The van der Waals surface area contributed by atoms with E-state index in [0.717, 1.165) is 42.0 Å². The van der Waals surface area contributed by atoms with Crippen molar-refractivity contribution in [3.63, 3.8) is 0 Å². The Hall–Kier alpha value is -2.05. The molecule has 2 atom stereocenters. The SMILES string of the molecule is N#Cc1cccc2c(N3C4CCC3CC(O)C4)cccc12. The quantitative estimate of drug-likeness (QED) is 0.871. The molecule has 21 heavy (non-hydrogen) atoms. The Morgan fingerprint density at radius 3 is 2.38 bits per heavy atom. The Labute approximate surface area is 124 Å². The second-order valence-electron chi connectivity index (χ2n) is 6.21. The number of aliphatic hydroxyl groups excluding tert-OH is 1. The first kappa shape index (κ1) is 12.7. The first-order chi connectivity index (χ1) is 10.3. The van der Waals surface area contributed by atoms with Crippen LogP contribution in [0.3, 0.4) is 0 Å². The lowest BCUT2D eigenvalue weighted by atomic mass is 9.96. The highest BCUT2D eigenvalue weighted by atomic mass is 16.3. The van der Waals surface area contributed by atoms with Gasteiger partial charge in [0.15, 0.2) is 0 Å². The molecule has 2 saturated heterocycles. The van der Waals surface area contributed by atoms with Crippen molar-refractivity contribution in [1.82, 2.24) is 0 Å². The van der Waals surface area contributed by atoms with E-state index in [0.29, 0.717) is 12.1 Å². The fraction of sp³-hybridized carbons (Fsp3) is 0.389. The largest absolute Gasteiger partial charge is 0.393 e. The summed E-state index contributed by atoms with van der Waals surface area (Å²) in [6, 6.07) is 15.3. The second kappa shape index (κ2) is 4.75. The molecule has 0 aliphatic carbocycles. The monoisotopic (exact) mass is 278 g/mol. The molecule has 0 aromatic heterocycles. The Kier molecular flexibility index (Phi) is 2.87. The Bertz CT molecular complexity index is 720. The summed E-state index contributed by atoms with van der Waals surface area (Å²) in [6.45, 7) is 0. The van der Waals surface area contributed by atoms with Gasteiger partial charge in [-0.3, -0.25) is 0 Å². The zero-order valence-corrected chi connectivity index (χ0v) is 11.9. The summed E-state index contributed by atoms with van der Waals surface area (Å²) >= 11 is 0. The second-order valence-corrected chi connectivity index (χ2v) is 6.21. The third-order valence-electron chi connectivity index (χ3n) is 5.01. The fourth-order valence-corrected chi connectivity index (χ4v) is 4.16. The number of nitrogens with zero attached hydrogens (tertiary/aromatic N) is 2. The molecule has 2 heterocycles. The molecule has 4 rings (SSSR count). The van der Waals surface area contributed by atoms with Gasteiger partial charge >= 0.3 is 0 Å². The molecule has 2 aromatic rings. The van der Waals surface area contributed by atoms with Gasteiger partial charge in [-0.2, -0.15) is 5.26 Å². The van der Waals surface area contributed by atoms with Gasteiger partial charge in [0.1, 0.15) is 0 Å². The maximum Gasteiger partial charge on any atom is 0.0998 e. The number of piperidine rings is 1. The maximum absolute atomic E-state index is 9.98. The van der Waals surface area contributed by atoms with Gasteiger partial charge in [0.05, 0.1) is 17.7 Å². The molecule has 3 nitrogen and oxygen atoms in total. The predicted molar refractivity (Wildman–Crippen MR) is 83.2 cm³/mol. The van der Waals surface area contributed by atoms with Crippen molar-refractivity contribution in [2.24, 2.45) is 0 Å². The molecule has 2 unspecified atom stereocenters. The first-order valence-electron chi connectivity index (χ1n) is 7.66. The van der Waals surface area contributed by atoms with Crippen LogP contribution in [0.5, 0.6) is 0 Å². The molecule has 2 aliphatic rings. The lowest BCUT2D eigenvalue weighted by Crippen LogP contribution is -2.44. The normalized spacial score (nSPS) is 27.8. The minimum absolute atomic E-state index is 0.150. The lowest BCUT2D eigenvalue weighted by molar-refractivity contribution is 0.126. The summed E-state index contributed by atoms with van der Waals surface area (Å²) in [7, 11) is 0. The molecule has 0 amide bonds. The number of hydrogen-bond donors (Lipinski definition) is 1. The van der Waals surface area contributed by atoms with Gasteiger partial charge in [-0.25, -0.2) is 0 Å². The molecular formula is C18H18N2O. The molecule has 0 spiro atoms. The Balaban J connectivity index is 1.87. The van der Waals surface area contributed by atoms with E-state index in [1.807, 2.05) is 24.3 Å². The third kappa shape index (κ3) is 1.91. The third-order valence-corrected chi connectivity index (χ3v) is 5.01. The number of anilines is 1. The molecule has 106 valence electrons. The fourth-order valence-electron chi connectivity index (χ4n) is 4.16. The highest BCUT2D eigenvalue weighted by molar-refractivity contribution is 5.98. The van der Waals surface area contributed by atoms with Crippen LogP contribution in [0.2, 0.25) is 0 Å². The zero-order chi connectivity index (χ0) is 14.4. The summed E-state index contributed by atoms with van der Waals surface area (Å²) in [5.41, 5.74) is 1.96. The summed E-state index contributed by atoms with van der Waals surface area (Å²) in [4.78, 5) is 2.50. The summed E-state index contributed by atoms with van der Waals surface area (Å²) in [6.07, 6.45) is 3.91. The van der Waals surface area contributed by atoms with E-state index in [-0.39, 0.29) is 6.10 Å². The molecule has 2 bridgehead atoms. The Morgan fingerprint density at radius 1 is 1.00 bits per heavy atom. The minimum Gasteiger partial charge on any atom is -0.393 e. The summed E-state index contributed by atoms with van der Waals surface area (Å²) < 4.78 is 0. The molecule has 2 fully saturated rings. The zero-order valence-electron chi connectivity index (χ0n) is 11.9. The summed E-state index contributed by atoms with van der Waals surface area (Å²) in [5.74, 6) is 0. The van der Waals surface area contributed by atoms with Gasteiger partial charge in [-0.05, 0) is 37.8 Å². The number of nitriles is 1. The van der Waals surface area contributed by atoms with Gasteiger partial charge in [-0.15, -0.1) is 0 Å². The van der Waals surface area contributed by atoms with Crippen molar-refractivity contribution in [1.29, 1.82) is 5.26 Å². The van der Waals surface area contributed by atoms with Crippen molar-refractivity contribution in [2.75, 3.05) is 4.90 Å². The van der Waals surface area contributed by atoms with Gasteiger partial charge in [0.25, 0.3) is 0 Å². The van der Waals surface area contributed by atoms with Crippen LogP contribution in [0.1, 0.15) is 31.2 Å². The van der Waals surface area contributed by atoms with Crippen LogP contribution in [-0.2, 0) is 0 Å². The average Bonchev–Trinajstić information content (AvgIpc) is 2.77. The first-order valence-corrected chi connectivity index (χ1v) is 7.66. The molecule has 0 radical (unpaired) electrons. The topological polar surface area (TPSA) is 47.3 Å². The number of fused-ring (bicyclic) bond motifs is 3. The van der Waals surface area contributed by atoms with Crippen LogP contribution in [0.15, 0.2) is 36.4 Å². The van der Waals surface area contributed by atoms with Crippen molar-refractivity contribution >= 4 is 16.5 Å². The van der Waals surface area contributed by atoms with Crippen molar-refractivity contribution in [3.05, 3.63) is 42.0 Å². The van der Waals surface area contributed by atoms with E-state index < -0.39 is 0 Å². The van der Waals surface area contributed by atoms with E-state index in [4.69, 9.17) is 0 Å². The van der Waals surface area contributed by atoms with Crippen molar-refractivity contribution in [3.8, 4) is 6.07 Å². The summed E-state index contributed by atoms with van der Waals surface area (Å²) in [5, 5.41) is 21.5. The van der Waals surface area contributed by atoms with Crippen molar-refractivity contribution < 1.29 is 5.11 Å². The van der Waals surface area contributed by atoms with Gasteiger partial charge in [-0.1, -0.05) is 24.3 Å². The van der Waals surface area contributed by atoms with Gasteiger partial charge < -0.3 is 10.0 Å². The van der Waals surface area contributed by atoms with E-state index in [1.165, 1.54) is 5.69 Å². The molecule has 0 saturated carbocycles. The van der Waals surface area contributed by atoms with Crippen LogP contribution >= 0.6 is 0 Å². The minimum atomic E-state index is -0.150.